The Labute approximate surface area is 163 Å². The lowest BCUT2D eigenvalue weighted by Gasteiger charge is -2.38. The third-order valence-corrected chi connectivity index (χ3v) is 5.92. The second-order valence-electron chi connectivity index (χ2n) is 7.49. The zero-order chi connectivity index (χ0) is 18.5. The number of nitrogens with zero attached hydrogens (tertiary/aromatic N) is 6. The molecule has 1 saturated heterocycles. The average Bonchev–Trinajstić information content (AvgIpc) is 3.27. The van der Waals surface area contributed by atoms with Crippen LogP contribution in [0.4, 0.5) is 11.5 Å². The minimum absolute atomic E-state index is 0.733. The highest BCUT2D eigenvalue weighted by molar-refractivity contribution is 6.30. The number of fused-ring (bicyclic) bond motifs is 2. The lowest BCUT2D eigenvalue weighted by atomic mass is 10.1. The molecule has 140 valence electrons. The molecule has 0 N–H and O–H groups in total. The molecule has 2 aliphatic rings. The predicted octanol–water partition coefficient (Wildman–Crippen LogP) is 3.21. The second kappa shape index (κ2) is 6.37. The maximum absolute atomic E-state index is 6.23. The van der Waals surface area contributed by atoms with Crippen LogP contribution in [0.25, 0.3) is 5.78 Å². The van der Waals surface area contributed by atoms with Gasteiger partial charge in [0, 0.05) is 42.5 Å². The summed E-state index contributed by atoms with van der Waals surface area (Å²) >= 11 is 6.23. The van der Waals surface area contributed by atoms with Gasteiger partial charge in [0.05, 0.1) is 5.69 Å². The number of aryl methyl sites for hydroxylation is 3. The van der Waals surface area contributed by atoms with Crippen molar-refractivity contribution in [2.75, 3.05) is 36.0 Å². The molecule has 1 aromatic carbocycles. The van der Waals surface area contributed by atoms with Gasteiger partial charge in [0.15, 0.2) is 0 Å². The Balaban J connectivity index is 1.47. The first-order valence-corrected chi connectivity index (χ1v) is 9.99. The minimum Gasteiger partial charge on any atom is -0.368 e. The standard InChI is InChI=1S/C20H23ClN6/c1-13-6-7-15(21)12-18(13)25-8-10-26(11-9-25)19-16-4-3-5-17(16)23-20-22-14(2)24-27(19)20/h6-7,12H,3-5,8-11H2,1-2H3. The van der Waals surface area contributed by atoms with Gasteiger partial charge in [-0.3, -0.25) is 0 Å². The molecule has 1 aliphatic carbocycles. The van der Waals surface area contributed by atoms with Gasteiger partial charge in [-0.05, 0) is 50.8 Å². The van der Waals surface area contributed by atoms with E-state index in [0.717, 1.165) is 55.6 Å². The fraction of sp³-hybridized carbons (Fsp3) is 0.450. The van der Waals surface area contributed by atoms with Gasteiger partial charge in [-0.25, -0.2) is 4.98 Å². The highest BCUT2D eigenvalue weighted by Crippen LogP contribution is 2.32. The molecule has 0 unspecified atom stereocenters. The molecular formula is C20H23ClN6. The monoisotopic (exact) mass is 382 g/mol. The van der Waals surface area contributed by atoms with Gasteiger partial charge < -0.3 is 9.80 Å². The molecule has 0 spiro atoms. The molecule has 5 rings (SSSR count). The molecule has 6 nitrogen and oxygen atoms in total. The third kappa shape index (κ3) is 2.83. The quantitative estimate of drug-likeness (QED) is 0.681. The fourth-order valence-corrected chi connectivity index (χ4v) is 4.53. The molecule has 0 atom stereocenters. The van der Waals surface area contributed by atoms with Crippen LogP contribution < -0.4 is 9.80 Å². The van der Waals surface area contributed by atoms with Crippen LogP contribution in [0, 0.1) is 13.8 Å². The largest absolute Gasteiger partial charge is 0.368 e. The summed E-state index contributed by atoms with van der Waals surface area (Å²) in [5.74, 6) is 2.72. The summed E-state index contributed by atoms with van der Waals surface area (Å²) < 4.78 is 1.96. The maximum Gasteiger partial charge on any atom is 0.254 e. The number of hydrogen-bond donors (Lipinski definition) is 0. The topological polar surface area (TPSA) is 49.6 Å². The van der Waals surface area contributed by atoms with E-state index in [2.05, 4.69) is 38.9 Å². The number of benzene rings is 1. The Morgan fingerprint density at radius 2 is 1.74 bits per heavy atom. The molecule has 3 aromatic rings. The number of rotatable bonds is 2. The first kappa shape index (κ1) is 16.8. The normalized spacial score (nSPS) is 17.0. The van der Waals surface area contributed by atoms with Crippen molar-refractivity contribution in [2.24, 2.45) is 0 Å². The zero-order valence-corrected chi connectivity index (χ0v) is 16.5. The zero-order valence-electron chi connectivity index (χ0n) is 15.7. The highest BCUT2D eigenvalue weighted by atomic mass is 35.5. The van der Waals surface area contributed by atoms with Crippen molar-refractivity contribution in [3.63, 3.8) is 0 Å². The summed E-state index contributed by atoms with van der Waals surface area (Å²) in [6.45, 7) is 7.92. The summed E-state index contributed by atoms with van der Waals surface area (Å²) in [5, 5.41) is 5.44. The molecule has 1 fully saturated rings. The summed E-state index contributed by atoms with van der Waals surface area (Å²) in [6, 6.07) is 6.14. The van der Waals surface area contributed by atoms with Crippen molar-refractivity contribution in [1.82, 2.24) is 19.6 Å². The number of hydrogen-bond acceptors (Lipinski definition) is 5. The average molecular weight is 383 g/mol. The van der Waals surface area contributed by atoms with Crippen LogP contribution in [-0.4, -0.2) is 45.8 Å². The molecule has 7 heteroatoms. The lowest BCUT2D eigenvalue weighted by molar-refractivity contribution is 0.634. The van der Waals surface area contributed by atoms with E-state index in [-0.39, 0.29) is 0 Å². The minimum atomic E-state index is 0.733. The number of halogens is 1. The van der Waals surface area contributed by atoms with E-state index in [1.165, 1.54) is 34.7 Å². The Morgan fingerprint density at radius 1 is 0.963 bits per heavy atom. The van der Waals surface area contributed by atoms with E-state index in [0.29, 0.717) is 0 Å². The first-order chi connectivity index (χ1) is 13.1. The summed E-state index contributed by atoms with van der Waals surface area (Å²) in [6.07, 6.45) is 3.30. The van der Waals surface area contributed by atoms with Crippen LogP contribution in [0.2, 0.25) is 5.02 Å². The SMILES string of the molecule is Cc1nc2nc3c(c(N4CCN(c5cc(Cl)ccc5C)CC4)n2n1)CCC3. The van der Waals surface area contributed by atoms with Crippen molar-refractivity contribution in [3.8, 4) is 0 Å². The van der Waals surface area contributed by atoms with Gasteiger partial charge in [-0.2, -0.15) is 9.50 Å². The van der Waals surface area contributed by atoms with E-state index in [4.69, 9.17) is 16.6 Å². The van der Waals surface area contributed by atoms with Crippen molar-refractivity contribution in [1.29, 1.82) is 0 Å². The van der Waals surface area contributed by atoms with Crippen LogP contribution in [0.1, 0.15) is 29.1 Å². The van der Waals surface area contributed by atoms with Gasteiger partial charge in [0.1, 0.15) is 11.6 Å². The highest BCUT2D eigenvalue weighted by Gasteiger charge is 2.28. The van der Waals surface area contributed by atoms with Gasteiger partial charge in [-0.15, -0.1) is 5.10 Å². The Bertz CT molecular complexity index is 1020. The molecule has 1 aliphatic heterocycles. The van der Waals surface area contributed by atoms with Crippen molar-refractivity contribution in [3.05, 3.63) is 45.9 Å². The molecule has 0 radical (unpaired) electrons. The van der Waals surface area contributed by atoms with Gasteiger partial charge in [0.25, 0.3) is 5.78 Å². The Kier molecular flexibility index (Phi) is 3.97. The molecule has 0 saturated carbocycles. The Morgan fingerprint density at radius 3 is 2.56 bits per heavy atom. The smallest absolute Gasteiger partial charge is 0.254 e. The van der Waals surface area contributed by atoms with Crippen molar-refractivity contribution in [2.45, 2.75) is 33.1 Å². The van der Waals surface area contributed by atoms with Gasteiger partial charge >= 0.3 is 0 Å². The predicted molar refractivity (Wildman–Crippen MR) is 108 cm³/mol. The van der Waals surface area contributed by atoms with E-state index >= 15 is 0 Å². The summed E-state index contributed by atoms with van der Waals surface area (Å²) in [4.78, 5) is 14.2. The van der Waals surface area contributed by atoms with Gasteiger partial charge in [-0.1, -0.05) is 17.7 Å². The van der Waals surface area contributed by atoms with Crippen LogP contribution in [-0.2, 0) is 12.8 Å². The summed E-state index contributed by atoms with van der Waals surface area (Å²) in [7, 11) is 0. The molecule has 27 heavy (non-hydrogen) atoms. The summed E-state index contributed by atoms with van der Waals surface area (Å²) in [5.41, 5.74) is 5.08. The Hall–Kier alpha value is -2.34. The molecular weight excluding hydrogens is 360 g/mol. The molecule has 0 bridgehead atoms. The number of piperazine rings is 1. The molecule has 2 aromatic heterocycles. The van der Waals surface area contributed by atoms with E-state index in [9.17, 15) is 0 Å². The van der Waals surface area contributed by atoms with E-state index in [1.54, 1.807) is 0 Å². The van der Waals surface area contributed by atoms with E-state index < -0.39 is 0 Å². The van der Waals surface area contributed by atoms with Crippen LogP contribution in [0.15, 0.2) is 18.2 Å². The fourth-order valence-electron chi connectivity index (χ4n) is 4.37. The first-order valence-electron chi connectivity index (χ1n) is 9.61. The van der Waals surface area contributed by atoms with Crippen LogP contribution in [0.5, 0.6) is 0 Å². The third-order valence-electron chi connectivity index (χ3n) is 5.68. The van der Waals surface area contributed by atoms with Crippen LogP contribution in [0.3, 0.4) is 0 Å². The van der Waals surface area contributed by atoms with Crippen molar-refractivity contribution < 1.29 is 0 Å². The molecule has 0 amide bonds. The van der Waals surface area contributed by atoms with Crippen molar-refractivity contribution >= 4 is 28.9 Å². The number of anilines is 2. The van der Waals surface area contributed by atoms with E-state index in [1.807, 2.05) is 17.5 Å². The number of aromatic nitrogens is 4. The van der Waals surface area contributed by atoms with Crippen LogP contribution >= 0.6 is 11.6 Å². The molecule has 3 heterocycles. The van der Waals surface area contributed by atoms with Gasteiger partial charge in [0.2, 0.25) is 0 Å². The lowest BCUT2D eigenvalue weighted by Crippen LogP contribution is -2.47. The maximum atomic E-state index is 6.23. The second-order valence-corrected chi connectivity index (χ2v) is 7.93.